The molecule has 87 valence electrons. The highest BCUT2D eigenvalue weighted by atomic mass is 19.1. The van der Waals surface area contributed by atoms with Gasteiger partial charge in [-0.1, -0.05) is 13.8 Å². The van der Waals surface area contributed by atoms with Gasteiger partial charge in [-0.15, -0.1) is 0 Å². The molecule has 1 aliphatic carbocycles. The first kappa shape index (κ1) is 11.4. The first-order valence-electron chi connectivity index (χ1n) is 6.29. The van der Waals surface area contributed by atoms with Crippen LogP contribution in [0.2, 0.25) is 0 Å². The molecule has 1 nitrogen and oxygen atoms in total. The van der Waals surface area contributed by atoms with Crippen molar-refractivity contribution in [2.75, 3.05) is 13.1 Å². The Kier molecular flexibility index (Phi) is 3.34. The molecule has 1 atom stereocenters. The molecule has 1 aliphatic heterocycles. The number of alkyl halides is 1. The lowest BCUT2D eigenvalue weighted by Gasteiger charge is -2.43. The van der Waals surface area contributed by atoms with Gasteiger partial charge in [0.05, 0.1) is 0 Å². The van der Waals surface area contributed by atoms with Gasteiger partial charge in [-0.3, -0.25) is 0 Å². The zero-order valence-corrected chi connectivity index (χ0v) is 10.0. The molecule has 1 radical (unpaired) electrons. The second-order valence-electron chi connectivity index (χ2n) is 5.84. The van der Waals surface area contributed by atoms with Gasteiger partial charge in [-0.2, -0.15) is 0 Å². The van der Waals surface area contributed by atoms with E-state index in [2.05, 4.69) is 25.2 Å². The highest BCUT2D eigenvalue weighted by molar-refractivity contribution is 4.96. The van der Waals surface area contributed by atoms with Crippen LogP contribution < -0.4 is 0 Å². The molecule has 0 aromatic heterocycles. The number of hydrogen-bond donors (Lipinski definition) is 0. The van der Waals surface area contributed by atoms with Crippen molar-refractivity contribution < 1.29 is 4.39 Å². The summed E-state index contributed by atoms with van der Waals surface area (Å²) >= 11 is 0. The molecule has 0 spiro atoms. The van der Waals surface area contributed by atoms with Crippen LogP contribution in [0, 0.1) is 11.8 Å². The molecule has 1 saturated carbocycles. The average Bonchev–Trinajstić information content (AvgIpc) is 2.17. The lowest BCUT2D eigenvalue weighted by atomic mass is 9.74. The molecule has 2 aliphatic rings. The highest BCUT2D eigenvalue weighted by Crippen LogP contribution is 2.37. The Hall–Kier alpha value is -0.110. The quantitative estimate of drug-likeness (QED) is 0.645. The van der Waals surface area contributed by atoms with E-state index in [1.807, 2.05) is 0 Å². The van der Waals surface area contributed by atoms with Crippen LogP contribution in [0.1, 0.15) is 46.0 Å². The zero-order valence-electron chi connectivity index (χ0n) is 10.0. The third-order valence-corrected chi connectivity index (χ3v) is 3.93. The van der Waals surface area contributed by atoms with E-state index in [1.54, 1.807) is 0 Å². The summed E-state index contributed by atoms with van der Waals surface area (Å²) in [4.78, 5) is 2.52. The lowest BCUT2D eigenvalue weighted by Crippen LogP contribution is -2.45. The molecule has 0 aromatic rings. The van der Waals surface area contributed by atoms with Gasteiger partial charge in [0.15, 0.2) is 0 Å². The van der Waals surface area contributed by atoms with Gasteiger partial charge in [0.2, 0.25) is 0 Å². The number of halogens is 1. The molecule has 15 heavy (non-hydrogen) atoms. The van der Waals surface area contributed by atoms with Crippen LogP contribution in [-0.2, 0) is 0 Å². The first-order valence-corrected chi connectivity index (χ1v) is 6.29. The Morgan fingerprint density at radius 3 is 2.47 bits per heavy atom. The summed E-state index contributed by atoms with van der Waals surface area (Å²) in [5.41, 5.74) is 0.384. The van der Waals surface area contributed by atoms with Crippen molar-refractivity contribution in [2.24, 2.45) is 5.41 Å². The predicted octanol–water partition coefficient (Wildman–Crippen LogP) is 3.20. The summed E-state index contributed by atoms with van der Waals surface area (Å²) in [6.45, 7) is 6.59. The van der Waals surface area contributed by atoms with Crippen molar-refractivity contribution in [3.63, 3.8) is 0 Å². The predicted molar refractivity (Wildman–Crippen MR) is 61.4 cm³/mol. The molecule has 1 unspecified atom stereocenters. The van der Waals surface area contributed by atoms with Crippen molar-refractivity contribution in [1.82, 2.24) is 4.90 Å². The van der Waals surface area contributed by atoms with E-state index >= 15 is 0 Å². The number of piperidine rings is 1. The summed E-state index contributed by atoms with van der Waals surface area (Å²) < 4.78 is 13.0. The van der Waals surface area contributed by atoms with Crippen LogP contribution in [-0.4, -0.2) is 30.2 Å². The molecule has 1 saturated heterocycles. The minimum absolute atomic E-state index is 0.384. The maximum Gasteiger partial charge on any atom is 0.103 e. The minimum Gasteiger partial charge on any atom is -0.300 e. The number of hydrogen-bond acceptors (Lipinski definition) is 1. The fraction of sp³-hybridized carbons (Fsp3) is 0.923. The maximum atomic E-state index is 13.0. The molecular weight excluding hydrogens is 189 g/mol. The van der Waals surface area contributed by atoms with Gasteiger partial charge in [0, 0.05) is 19.1 Å². The lowest BCUT2D eigenvalue weighted by molar-refractivity contribution is 0.0735. The minimum atomic E-state index is -0.538. The zero-order chi connectivity index (χ0) is 10.9. The number of likely N-dealkylation sites (tertiary alicyclic amines) is 1. The number of rotatable bonds is 1. The van der Waals surface area contributed by atoms with Crippen molar-refractivity contribution in [1.29, 1.82) is 0 Å². The van der Waals surface area contributed by atoms with Gasteiger partial charge in [0.25, 0.3) is 0 Å². The summed E-state index contributed by atoms with van der Waals surface area (Å²) in [6, 6.07) is 0.706. The Labute approximate surface area is 93.0 Å². The van der Waals surface area contributed by atoms with E-state index < -0.39 is 6.17 Å². The molecule has 2 rings (SSSR count). The average molecular weight is 212 g/mol. The van der Waals surface area contributed by atoms with E-state index in [-0.39, 0.29) is 0 Å². The Bertz CT molecular complexity index is 207. The van der Waals surface area contributed by atoms with Crippen molar-refractivity contribution >= 4 is 0 Å². The van der Waals surface area contributed by atoms with Gasteiger partial charge in [-0.25, -0.2) is 4.39 Å². The standard InChI is InChI=1S/C13H23FN/c1-13(2)7-3-4-12(10-13)15-8-5-11(14)6-9-15/h7,11-12H,3-6,8-10H2,1-2H3. The van der Waals surface area contributed by atoms with E-state index in [4.69, 9.17) is 0 Å². The van der Waals surface area contributed by atoms with Crippen LogP contribution >= 0.6 is 0 Å². The van der Waals surface area contributed by atoms with Gasteiger partial charge in [-0.05, 0) is 43.9 Å². The highest BCUT2D eigenvalue weighted by Gasteiger charge is 2.33. The topological polar surface area (TPSA) is 3.24 Å². The smallest absolute Gasteiger partial charge is 0.103 e. The molecule has 0 amide bonds. The molecule has 2 heteroatoms. The molecule has 2 fully saturated rings. The molecule has 0 N–H and O–H groups in total. The molecule has 1 heterocycles. The summed E-state index contributed by atoms with van der Waals surface area (Å²) in [5, 5.41) is 0. The van der Waals surface area contributed by atoms with Gasteiger partial charge in [0.1, 0.15) is 6.17 Å². The fourth-order valence-electron chi connectivity index (χ4n) is 3.00. The maximum absolute atomic E-state index is 13.0. The van der Waals surface area contributed by atoms with E-state index in [0.717, 1.165) is 25.9 Å². The Morgan fingerprint density at radius 2 is 1.87 bits per heavy atom. The van der Waals surface area contributed by atoms with Crippen LogP contribution in [0.5, 0.6) is 0 Å². The van der Waals surface area contributed by atoms with Crippen molar-refractivity contribution in [3.8, 4) is 0 Å². The molecule has 0 aromatic carbocycles. The van der Waals surface area contributed by atoms with E-state index in [0.29, 0.717) is 11.5 Å². The van der Waals surface area contributed by atoms with Crippen molar-refractivity contribution in [3.05, 3.63) is 6.42 Å². The second kappa shape index (κ2) is 4.40. The Morgan fingerprint density at radius 1 is 1.20 bits per heavy atom. The normalized spacial score (nSPS) is 34.2. The summed E-state index contributed by atoms with van der Waals surface area (Å²) in [6.07, 6.45) is 7.17. The third-order valence-electron chi connectivity index (χ3n) is 3.93. The largest absolute Gasteiger partial charge is 0.300 e. The van der Waals surface area contributed by atoms with Crippen LogP contribution in [0.3, 0.4) is 0 Å². The van der Waals surface area contributed by atoms with Gasteiger partial charge >= 0.3 is 0 Å². The van der Waals surface area contributed by atoms with E-state index in [1.165, 1.54) is 19.3 Å². The van der Waals surface area contributed by atoms with Crippen LogP contribution in [0.15, 0.2) is 0 Å². The second-order valence-corrected chi connectivity index (χ2v) is 5.84. The molecular formula is C13H23FN. The number of nitrogens with zero attached hydrogens (tertiary/aromatic N) is 1. The first-order chi connectivity index (χ1) is 7.07. The monoisotopic (exact) mass is 212 g/mol. The van der Waals surface area contributed by atoms with Crippen LogP contribution in [0.25, 0.3) is 0 Å². The van der Waals surface area contributed by atoms with Crippen LogP contribution in [0.4, 0.5) is 4.39 Å². The fourth-order valence-corrected chi connectivity index (χ4v) is 3.00. The molecule has 0 bridgehead atoms. The van der Waals surface area contributed by atoms with Gasteiger partial charge < -0.3 is 4.90 Å². The van der Waals surface area contributed by atoms with Crippen molar-refractivity contribution in [2.45, 2.75) is 58.2 Å². The van der Waals surface area contributed by atoms with E-state index in [9.17, 15) is 4.39 Å². The summed E-state index contributed by atoms with van der Waals surface area (Å²) in [5.74, 6) is 0. The third kappa shape index (κ3) is 2.93. The summed E-state index contributed by atoms with van der Waals surface area (Å²) in [7, 11) is 0. The SMILES string of the molecule is CC1(C)[CH]CCC(N2CCC(F)CC2)C1. The Balaban J connectivity index is 1.88.